The van der Waals surface area contributed by atoms with Gasteiger partial charge in [0.05, 0.1) is 12.0 Å². The number of amidine groups is 1. The van der Waals surface area contributed by atoms with Crippen LogP contribution in [0.4, 0.5) is 5.69 Å². The number of anilines is 1. The van der Waals surface area contributed by atoms with Crippen molar-refractivity contribution in [2.75, 3.05) is 17.7 Å². The van der Waals surface area contributed by atoms with Crippen molar-refractivity contribution in [1.29, 1.82) is 0 Å². The van der Waals surface area contributed by atoms with E-state index in [1.54, 1.807) is 30.3 Å². The molecule has 132 valence electrons. The molecule has 1 aliphatic heterocycles. The Labute approximate surface area is 154 Å². The first-order valence-corrected chi connectivity index (χ1v) is 8.80. The van der Waals surface area contributed by atoms with E-state index < -0.39 is 0 Å². The van der Waals surface area contributed by atoms with Crippen molar-refractivity contribution in [2.24, 2.45) is 10.2 Å². The summed E-state index contributed by atoms with van der Waals surface area (Å²) in [5.74, 6) is 0.526. The molecule has 2 aromatic rings. The fraction of sp³-hybridized carbons (Fsp3) is 0.111. The van der Waals surface area contributed by atoms with E-state index in [-0.39, 0.29) is 18.4 Å². The molecule has 0 aromatic heterocycles. The number of para-hydroxylation sites is 2. The Morgan fingerprint density at radius 3 is 2.73 bits per heavy atom. The number of nitrogens with zero attached hydrogens (tertiary/aromatic N) is 2. The lowest BCUT2D eigenvalue weighted by atomic mass is 10.2. The predicted octanol–water partition coefficient (Wildman–Crippen LogP) is 2.26. The third-order valence-electron chi connectivity index (χ3n) is 3.27. The Kier molecular flexibility index (Phi) is 6.00. The van der Waals surface area contributed by atoms with Gasteiger partial charge in [-0.25, -0.2) is 0 Å². The molecule has 2 amide bonds. The molecule has 0 aliphatic carbocycles. The number of rotatable bonds is 6. The first-order valence-electron chi connectivity index (χ1n) is 7.81. The highest BCUT2D eigenvalue weighted by molar-refractivity contribution is 8.15. The standard InChI is InChI=1S/C18H16N4O3S/c23-16(20-14-7-2-1-3-8-14)11-25-15-9-5-4-6-13(15)10-19-22-18-21-17(24)12-26-18/h1-10H,11-12H2,(H,20,23)(H,21,22,24). The monoisotopic (exact) mass is 368 g/mol. The van der Waals surface area contributed by atoms with Crippen molar-refractivity contribution in [1.82, 2.24) is 5.32 Å². The van der Waals surface area contributed by atoms with E-state index in [2.05, 4.69) is 20.8 Å². The van der Waals surface area contributed by atoms with Gasteiger partial charge in [-0.1, -0.05) is 42.1 Å². The predicted molar refractivity (Wildman–Crippen MR) is 103 cm³/mol. The molecule has 1 fully saturated rings. The zero-order chi connectivity index (χ0) is 18.2. The van der Waals surface area contributed by atoms with Crippen LogP contribution < -0.4 is 15.4 Å². The summed E-state index contributed by atoms with van der Waals surface area (Å²) in [5, 5.41) is 13.7. The van der Waals surface area contributed by atoms with Crippen LogP contribution in [0.5, 0.6) is 5.75 Å². The molecule has 0 atom stereocenters. The molecule has 3 rings (SSSR count). The van der Waals surface area contributed by atoms with Crippen LogP contribution in [-0.4, -0.2) is 35.6 Å². The van der Waals surface area contributed by atoms with E-state index in [1.807, 2.05) is 24.3 Å². The molecule has 0 bridgehead atoms. The summed E-state index contributed by atoms with van der Waals surface area (Å²) < 4.78 is 5.58. The molecule has 0 spiro atoms. The fourth-order valence-corrected chi connectivity index (χ4v) is 2.73. The van der Waals surface area contributed by atoms with Crippen molar-refractivity contribution in [2.45, 2.75) is 0 Å². The van der Waals surface area contributed by atoms with Crippen molar-refractivity contribution in [3.8, 4) is 5.75 Å². The maximum absolute atomic E-state index is 12.0. The van der Waals surface area contributed by atoms with E-state index in [0.717, 1.165) is 0 Å². The Bertz CT molecular complexity index is 853. The number of hydrogen-bond donors (Lipinski definition) is 2. The molecule has 8 heteroatoms. The molecule has 7 nitrogen and oxygen atoms in total. The van der Waals surface area contributed by atoms with Gasteiger partial charge in [0.2, 0.25) is 5.91 Å². The van der Waals surface area contributed by atoms with Gasteiger partial charge in [0.1, 0.15) is 5.75 Å². The lowest BCUT2D eigenvalue weighted by Crippen LogP contribution is -2.20. The zero-order valence-electron chi connectivity index (χ0n) is 13.7. The third-order valence-corrected chi connectivity index (χ3v) is 4.13. The smallest absolute Gasteiger partial charge is 0.262 e. The van der Waals surface area contributed by atoms with Crippen LogP contribution in [0.1, 0.15) is 5.56 Å². The third kappa shape index (κ3) is 5.18. The van der Waals surface area contributed by atoms with Crippen LogP contribution in [0.25, 0.3) is 0 Å². The number of amides is 2. The molecule has 0 unspecified atom stereocenters. The summed E-state index contributed by atoms with van der Waals surface area (Å²) in [6.45, 7) is -0.125. The molecule has 1 heterocycles. The van der Waals surface area contributed by atoms with Crippen molar-refractivity contribution >= 4 is 40.6 Å². The minimum absolute atomic E-state index is 0.0860. The SMILES string of the molecule is O=C1CSC(=NN=Cc2ccccc2OCC(=O)Nc2ccccc2)N1. The molecular formula is C18H16N4O3S. The summed E-state index contributed by atoms with van der Waals surface area (Å²) in [6, 6.07) is 16.3. The quantitative estimate of drug-likeness (QED) is 0.604. The van der Waals surface area contributed by atoms with Gasteiger partial charge < -0.3 is 15.4 Å². The van der Waals surface area contributed by atoms with E-state index in [0.29, 0.717) is 27.9 Å². The molecule has 2 aromatic carbocycles. The van der Waals surface area contributed by atoms with E-state index in [1.165, 1.54) is 18.0 Å². The Balaban J connectivity index is 1.58. The van der Waals surface area contributed by atoms with Crippen molar-refractivity contribution < 1.29 is 14.3 Å². The van der Waals surface area contributed by atoms with Gasteiger partial charge in [0.25, 0.3) is 5.91 Å². The number of carbonyl (C=O) groups is 2. The minimum atomic E-state index is -0.256. The zero-order valence-corrected chi connectivity index (χ0v) is 14.5. The van der Waals surface area contributed by atoms with Crippen LogP contribution in [0.2, 0.25) is 0 Å². The second kappa shape index (κ2) is 8.82. The van der Waals surface area contributed by atoms with Gasteiger partial charge in [-0.3, -0.25) is 9.59 Å². The summed E-state index contributed by atoms with van der Waals surface area (Å²) in [7, 11) is 0. The second-order valence-corrected chi connectivity index (χ2v) is 6.19. The van der Waals surface area contributed by atoms with Crippen LogP contribution in [0, 0.1) is 0 Å². The van der Waals surface area contributed by atoms with E-state index in [4.69, 9.17) is 4.74 Å². The topological polar surface area (TPSA) is 92.2 Å². The van der Waals surface area contributed by atoms with Crippen LogP contribution >= 0.6 is 11.8 Å². The summed E-state index contributed by atoms with van der Waals surface area (Å²) in [4.78, 5) is 23.1. The minimum Gasteiger partial charge on any atom is -0.483 e. The number of ether oxygens (including phenoxy) is 1. The molecule has 2 N–H and O–H groups in total. The molecule has 0 radical (unpaired) electrons. The van der Waals surface area contributed by atoms with Crippen LogP contribution in [0.15, 0.2) is 64.8 Å². The normalized spacial score (nSPS) is 15.2. The molecule has 0 saturated carbocycles. The molecule has 1 aliphatic rings. The summed E-state index contributed by atoms with van der Waals surface area (Å²) >= 11 is 1.30. The molecular weight excluding hydrogens is 352 g/mol. The maximum atomic E-state index is 12.0. The van der Waals surface area contributed by atoms with Crippen LogP contribution in [0.3, 0.4) is 0 Å². The first-order chi connectivity index (χ1) is 12.7. The Hall–Kier alpha value is -3.13. The van der Waals surface area contributed by atoms with E-state index >= 15 is 0 Å². The number of hydrogen-bond acceptors (Lipinski definition) is 6. The highest BCUT2D eigenvalue weighted by Gasteiger charge is 2.16. The van der Waals surface area contributed by atoms with Gasteiger partial charge in [0.15, 0.2) is 11.8 Å². The van der Waals surface area contributed by atoms with E-state index in [9.17, 15) is 9.59 Å². The number of benzene rings is 2. The van der Waals surface area contributed by atoms with Gasteiger partial charge in [0, 0.05) is 11.3 Å². The highest BCUT2D eigenvalue weighted by atomic mass is 32.2. The molecule has 1 saturated heterocycles. The Morgan fingerprint density at radius 2 is 1.96 bits per heavy atom. The summed E-state index contributed by atoms with van der Waals surface area (Å²) in [5.41, 5.74) is 1.39. The van der Waals surface area contributed by atoms with Gasteiger partial charge in [-0.15, -0.1) is 5.10 Å². The average Bonchev–Trinajstić information content (AvgIpc) is 3.07. The fourth-order valence-electron chi connectivity index (χ4n) is 2.10. The lowest BCUT2D eigenvalue weighted by molar-refractivity contribution is -0.118. The highest BCUT2D eigenvalue weighted by Crippen LogP contribution is 2.16. The maximum Gasteiger partial charge on any atom is 0.262 e. The second-order valence-electron chi connectivity index (χ2n) is 5.23. The lowest BCUT2D eigenvalue weighted by Gasteiger charge is -2.09. The van der Waals surface area contributed by atoms with Crippen molar-refractivity contribution in [3.05, 3.63) is 60.2 Å². The largest absolute Gasteiger partial charge is 0.483 e. The average molecular weight is 368 g/mol. The first kappa shape index (κ1) is 17.7. The summed E-state index contributed by atoms with van der Waals surface area (Å²) in [6.07, 6.45) is 1.52. The van der Waals surface area contributed by atoms with Gasteiger partial charge >= 0.3 is 0 Å². The Morgan fingerprint density at radius 1 is 1.19 bits per heavy atom. The van der Waals surface area contributed by atoms with Gasteiger partial charge in [-0.2, -0.15) is 5.10 Å². The number of thioether (sulfide) groups is 1. The van der Waals surface area contributed by atoms with Crippen molar-refractivity contribution in [3.63, 3.8) is 0 Å². The van der Waals surface area contributed by atoms with Gasteiger partial charge in [-0.05, 0) is 24.3 Å². The molecule has 26 heavy (non-hydrogen) atoms. The number of carbonyl (C=O) groups excluding carboxylic acids is 2. The number of nitrogens with one attached hydrogen (secondary N) is 2. The van der Waals surface area contributed by atoms with Crippen LogP contribution in [-0.2, 0) is 9.59 Å².